The first-order valence-corrected chi connectivity index (χ1v) is 8.05. The first-order chi connectivity index (χ1) is 14.8. The minimum absolute atomic E-state index is 0.449. The Morgan fingerprint density at radius 1 is 1.09 bits per heavy atom. The largest absolute Gasteiger partial charge is 0.490 e. The highest BCUT2D eigenvalue weighted by Crippen LogP contribution is 2.23. The summed E-state index contributed by atoms with van der Waals surface area (Å²) in [6.07, 6.45) is -2.70. The van der Waals surface area contributed by atoms with E-state index >= 15 is 0 Å². The first-order valence-electron chi connectivity index (χ1n) is 8.05. The molecule has 0 atom stereocenters. The molecule has 0 aromatic carbocycles. The summed E-state index contributed by atoms with van der Waals surface area (Å²) >= 11 is 0. The van der Waals surface area contributed by atoms with Gasteiger partial charge in [0.2, 0.25) is 0 Å². The van der Waals surface area contributed by atoms with Crippen molar-refractivity contribution in [3.8, 4) is 17.3 Å². The number of aryl methyl sites for hydroxylation is 1. The maximum absolute atomic E-state index is 10.6. The van der Waals surface area contributed by atoms with Crippen molar-refractivity contribution < 1.29 is 46.1 Å². The number of carbonyl (C=O) groups is 2. The molecule has 0 aliphatic rings. The molecule has 0 saturated carbocycles. The molecule has 0 spiro atoms. The van der Waals surface area contributed by atoms with Crippen LogP contribution in [0.4, 0.5) is 26.3 Å². The minimum Gasteiger partial charge on any atom is -0.475 e. The number of H-pyrrole nitrogens is 1. The van der Waals surface area contributed by atoms with Crippen LogP contribution in [0.2, 0.25) is 0 Å². The first kappa shape index (κ1) is 25.9. The van der Waals surface area contributed by atoms with Gasteiger partial charge in [-0.15, -0.1) is 0 Å². The van der Waals surface area contributed by atoms with Crippen LogP contribution in [0.3, 0.4) is 0 Å². The molecule has 10 nitrogen and oxygen atoms in total. The van der Waals surface area contributed by atoms with E-state index in [1.165, 1.54) is 6.33 Å². The fourth-order valence-electron chi connectivity index (χ4n) is 1.88. The van der Waals surface area contributed by atoms with Crippen molar-refractivity contribution in [2.45, 2.75) is 25.3 Å². The van der Waals surface area contributed by atoms with Crippen molar-refractivity contribution in [1.29, 1.82) is 5.26 Å². The topological polar surface area (TPSA) is 158 Å². The van der Waals surface area contributed by atoms with Crippen molar-refractivity contribution in [3.05, 3.63) is 31.0 Å². The van der Waals surface area contributed by atoms with Crippen LogP contribution in [0.25, 0.3) is 22.3 Å². The van der Waals surface area contributed by atoms with Crippen LogP contribution < -0.4 is 0 Å². The van der Waals surface area contributed by atoms with Crippen LogP contribution in [0.5, 0.6) is 0 Å². The Kier molecular flexibility index (Phi) is 8.69. The molecule has 0 radical (unpaired) electrons. The Morgan fingerprint density at radius 2 is 1.66 bits per heavy atom. The molecule has 3 N–H and O–H groups in total. The summed E-state index contributed by atoms with van der Waals surface area (Å²) < 4.78 is 65.2. The second-order valence-electron chi connectivity index (χ2n) is 5.47. The quantitative estimate of drug-likeness (QED) is 0.497. The number of fused-ring (bicyclic) bond motifs is 1. The zero-order valence-corrected chi connectivity index (χ0v) is 15.5. The predicted octanol–water partition coefficient (Wildman–Crippen LogP) is 3.00. The van der Waals surface area contributed by atoms with Gasteiger partial charge >= 0.3 is 24.3 Å². The number of alkyl halides is 6. The number of hydrogen-bond acceptors (Lipinski definition) is 6. The molecule has 16 heteroatoms. The van der Waals surface area contributed by atoms with Crippen molar-refractivity contribution >= 4 is 23.0 Å². The van der Waals surface area contributed by atoms with Crippen molar-refractivity contribution in [2.75, 3.05) is 0 Å². The van der Waals surface area contributed by atoms with E-state index in [2.05, 4.69) is 26.1 Å². The molecule has 3 heterocycles. The van der Waals surface area contributed by atoms with E-state index < -0.39 is 24.3 Å². The lowest BCUT2D eigenvalue weighted by atomic mass is 10.2. The number of nitrogens with zero attached hydrogens (tertiary/aromatic N) is 5. The summed E-state index contributed by atoms with van der Waals surface area (Å²) in [5.41, 5.74) is 2.59. The van der Waals surface area contributed by atoms with Crippen LogP contribution in [0.1, 0.15) is 6.42 Å². The van der Waals surface area contributed by atoms with Gasteiger partial charge in [-0.25, -0.2) is 19.6 Å². The van der Waals surface area contributed by atoms with E-state index in [0.29, 0.717) is 13.0 Å². The number of halogens is 6. The molecule has 0 amide bonds. The number of nitriles is 1. The number of nitrogens with one attached hydrogen (secondary N) is 1. The van der Waals surface area contributed by atoms with Gasteiger partial charge in [-0.1, -0.05) is 0 Å². The Labute approximate surface area is 173 Å². The third-order valence-corrected chi connectivity index (χ3v) is 3.20. The summed E-state index contributed by atoms with van der Waals surface area (Å²) in [6, 6.07) is 4.04. The molecule has 172 valence electrons. The van der Waals surface area contributed by atoms with Crippen LogP contribution in [0, 0.1) is 11.3 Å². The van der Waals surface area contributed by atoms with E-state index in [4.69, 9.17) is 25.1 Å². The monoisotopic (exact) mass is 466 g/mol. The Balaban J connectivity index is 0.000000305. The van der Waals surface area contributed by atoms with Crippen molar-refractivity contribution in [2.24, 2.45) is 0 Å². The van der Waals surface area contributed by atoms with E-state index in [0.717, 1.165) is 22.3 Å². The summed E-state index contributed by atoms with van der Waals surface area (Å²) in [7, 11) is 0. The predicted molar refractivity (Wildman–Crippen MR) is 92.7 cm³/mol. The number of aromatic amines is 1. The number of aliphatic carboxylic acids is 2. The molecule has 0 aliphatic heterocycles. The Hall–Kier alpha value is -4.16. The Bertz CT molecular complexity index is 1070. The van der Waals surface area contributed by atoms with Gasteiger partial charge in [0.25, 0.3) is 0 Å². The standard InChI is InChI=1S/C12H10N6.2C2HF3O2/c13-3-1-5-18-7-9(6-17-18)11-10-2-4-14-12(10)16-8-15-11;2*3-2(4,5)1(6)7/h2,4,6-8H,1,5H2,(H,14,15,16);2*(H,6,7). The molecule has 32 heavy (non-hydrogen) atoms. The summed E-state index contributed by atoms with van der Waals surface area (Å²) in [4.78, 5) is 29.3. The SMILES string of the molecule is N#CCCn1cc(-c2ncnc3[nH]ccc23)cn1.O=C(O)C(F)(F)F.O=C(O)C(F)(F)F. The van der Waals surface area contributed by atoms with Gasteiger partial charge in [-0.2, -0.15) is 36.7 Å². The fraction of sp³-hybridized carbons (Fsp3) is 0.250. The lowest BCUT2D eigenvalue weighted by Gasteiger charge is -1.98. The Morgan fingerprint density at radius 3 is 2.16 bits per heavy atom. The fourth-order valence-corrected chi connectivity index (χ4v) is 1.88. The molecule has 3 aromatic rings. The molecule has 0 fully saturated rings. The van der Waals surface area contributed by atoms with E-state index in [9.17, 15) is 26.3 Å². The number of rotatable bonds is 3. The zero-order valence-electron chi connectivity index (χ0n) is 15.5. The number of aromatic nitrogens is 5. The van der Waals surface area contributed by atoms with Crippen LogP contribution in [-0.2, 0) is 16.1 Å². The number of hydrogen-bond donors (Lipinski definition) is 3. The smallest absolute Gasteiger partial charge is 0.475 e. The average molecular weight is 466 g/mol. The van der Waals surface area contributed by atoms with E-state index in [1.54, 1.807) is 10.9 Å². The van der Waals surface area contributed by atoms with Crippen LogP contribution in [-0.4, -0.2) is 59.2 Å². The van der Waals surface area contributed by atoms with Crippen molar-refractivity contribution in [1.82, 2.24) is 24.7 Å². The molecular formula is C16H12F6N6O4. The van der Waals surface area contributed by atoms with Gasteiger partial charge in [0.15, 0.2) is 0 Å². The molecule has 0 bridgehead atoms. The van der Waals surface area contributed by atoms with Gasteiger partial charge < -0.3 is 15.2 Å². The molecule has 0 unspecified atom stereocenters. The maximum atomic E-state index is 10.6. The number of carboxylic acids is 2. The highest BCUT2D eigenvalue weighted by Gasteiger charge is 2.38. The third kappa shape index (κ3) is 7.93. The van der Waals surface area contributed by atoms with Gasteiger partial charge in [-0.05, 0) is 6.07 Å². The van der Waals surface area contributed by atoms with Gasteiger partial charge in [0.1, 0.15) is 12.0 Å². The molecule has 3 aromatic heterocycles. The van der Waals surface area contributed by atoms with Gasteiger partial charge in [0, 0.05) is 23.3 Å². The van der Waals surface area contributed by atoms with E-state index in [-0.39, 0.29) is 0 Å². The van der Waals surface area contributed by atoms with E-state index in [1.807, 2.05) is 18.5 Å². The molecule has 0 aliphatic carbocycles. The molecule has 3 rings (SSSR count). The molecule has 0 saturated heterocycles. The highest BCUT2D eigenvalue weighted by molar-refractivity contribution is 5.89. The normalized spacial score (nSPS) is 10.9. The minimum atomic E-state index is -5.08. The second kappa shape index (κ2) is 10.7. The zero-order chi connectivity index (χ0) is 24.5. The van der Waals surface area contributed by atoms with Crippen LogP contribution in [0.15, 0.2) is 31.0 Å². The summed E-state index contributed by atoms with van der Waals surface area (Å²) in [5, 5.41) is 28.0. The third-order valence-electron chi connectivity index (χ3n) is 3.20. The lowest BCUT2D eigenvalue weighted by molar-refractivity contribution is -0.193. The van der Waals surface area contributed by atoms with Crippen LogP contribution >= 0.6 is 0 Å². The summed E-state index contributed by atoms with van der Waals surface area (Å²) in [6.45, 7) is 0.595. The lowest BCUT2D eigenvalue weighted by Crippen LogP contribution is -2.21. The average Bonchev–Trinajstić information content (AvgIpc) is 3.35. The highest BCUT2D eigenvalue weighted by atomic mass is 19.4. The maximum Gasteiger partial charge on any atom is 0.490 e. The molecular weight excluding hydrogens is 454 g/mol. The summed E-state index contributed by atoms with van der Waals surface area (Å²) in [5.74, 6) is -5.51. The van der Waals surface area contributed by atoms with Crippen molar-refractivity contribution in [3.63, 3.8) is 0 Å². The van der Waals surface area contributed by atoms with Gasteiger partial charge in [-0.3, -0.25) is 4.68 Å². The van der Waals surface area contributed by atoms with Gasteiger partial charge in [0.05, 0.1) is 30.9 Å². The number of carboxylic acid groups (broad SMARTS) is 2. The second-order valence-corrected chi connectivity index (χ2v) is 5.47.